The number of hydrogen-bond acceptors (Lipinski definition) is 13. The van der Waals surface area contributed by atoms with Crippen LogP contribution in [-0.4, -0.2) is 105 Å². The Labute approximate surface area is 348 Å². The number of nitrogens with zero attached hydrogens (tertiary/aromatic N) is 13. The van der Waals surface area contributed by atoms with Crippen molar-refractivity contribution in [1.29, 1.82) is 0 Å². The maximum absolute atomic E-state index is 14.1. The van der Waals surface area contributed by atoms with Gasteiger partial charge in [0.15, 0.2) is 0 Å². The molecule has 320 valence electrons. The van der Waals surface area contributed by atoms with Crippen molar-refractivity contribution in [2.45, 2.75) is 56.8 Å². The minimum atomic E-state index is -4.60. The molecule has 16 nitrogen and oxygen atoms in total. The van der Waals surface area contributed by atoms with Crippen molar-refractivity contribution < 1.29 is 35.8 Å². The van der Waals surface area contributed by atoms with Crippen molar-refractivity contribution in [3.8, 4) is 11.4 Å². The second-order valence-corrected chi connectivity index (χ2v) is 15.3. The van der Waals surface area contributed by atoms with E-state index >= 15 is 0 Å². The second-order valence-electron chi connectivity index (χ2n) is 15.3. The molecule has 0 spiro atoms. The number of fused-ring (bicyclic) bond motifs is 2. The normalized spacial score (nSPS) is 23.3. The van der Waals surface area contributed by atoms with Crippen molar-refractivity contribution in [2.75, 3.05) is 41.0 Å². The van der Waals surface area contributed by atoms with Crippen LogP contribution in [0.1, 0.15) is 48.4 Å². The summed E-state index contributed by atoms with van der Waals surface area (Å²) in [7, 11) is 0. The maximum Gasteiger partial charge on any atom is 0.417 e. The largest absolute Gasteiger partial charge is 0.417 e. The first-order valence-corrected chi connectivity index (χ1v) is 19.6. The number of alkyl halides is 6. The van der Waals surface area contributed by atoms with Crippen LogP contribution >= 0.6 is 0 Å². The van der Waals surface area contributed by atoms with Crippen molar-refractivity contribution in [3.63, 3.8) is 0 Å². The van der Waals surface area contributed by atoms with E-state index in [9.17, 15) is 26.3 Å². The highest BCUT2D eigenvalue weighted by Gasteiger charge is 2.41. The van der Waals surface area contributed by atoms with E-state index in [1.165, 1.54) is 33.8 Å². The predicted molar refractivity (Wildman–Crippen MR) is 210 cm³/mol. The topological polar surface area (TPSA) is 147 Å². The summed E-state index contributed by atoms with van der Waals surface area (Å²) >= 11 is 0. The molecule has 2 fully saturated rings. The summed E-state index contributed by atoms with van der Waals surface area (Å²) in [5.41, 5.74) is 1.76. The van der Waals surface area contributed by atoms with Crippen molar-refractivity contribution in [3.05, 3.63) is 126 Å². The number of aromatic amines is 1. The van der Waals surface area contributed by atoms with E-state index < -0.39 is 35.8 Å². The Balaban J connectivity index is 0.924. The molecule has 4 aliphatic heterocycles. The number of halogens is 6. The minimum Gasteiger partial charge on any atom is -0.367 e. The Morgan fingerprint density at radius 1 is 0.726 bits per heavy atom. The maximum atomic E-state index is 14.1. The number of pyridine rings is 1. The van der Waals surface area contributed by atoms with Gasteiger partial charge in [0.25, 0.3) is 0 Å². The van der Waals surface area contributed by atoms with Crippen molar-refractivity contribution in [2.24, 2.45) is 0 Å². The summed E-state index contributed by atoms with van der Waals surface area (Å²) < 4.78 is 96.9. The number of rotatable bonds is 7. The molecule has 10 heterocycles. The molecule has 0 aliphatic carbocycles. The number of nitrogens with one attached hydrogen (secondary N) is 1. The third kappa shape index (κ3) is 7.37. The molecular weight excluding hydrogens is 823 g/mol. The van der Waals surface area contributed by atoms with Gasteiger partial charge in [-0.25, -0.2) is 29.9 Å². The van der Waals surface area contributed by atoms with Gasteiger partial charge in [0, 0.05) is 55.2 Å². The van der Waals surface area contributed by atoms with Gasteiger partial charge in [0.05, 0.1) is 90.2 Å². The summed E-state index contributed by atoms with van der Waals surface area (Å²) in [4.78, 5) is 29.8. The van der Waals surface area contributed by atoms with E-state index in [2.05, 4.69) is 30.2 Å². The molecule has 0 aromatic carbocycles. The zero-order chi connectivity index (χ0) is 42.9. The van der Waals surface area contributed by atoms with Crippen LogP contribution in [0.15, 0.2) is 104 Å². The highest BCUT2D eigenvalue weighted by Crippen LogP contribution is 2.39. The van der Waals surface area contributed by atoms with Crippen molar-refractivity contribution in [1.82, 2.24) is 54.3 Å². The van der Waals surface area contributed by atoms with Crippen LogP contribution in [0.3, 0.4) is 0 Å². The Hall–Kier alpha value is -6.81. The highest BCUT2D eigenvalue weighted by molar-refractivity contribution is 5.69. The first-order valence-electron chi connectivity index (χ1n) is 19.6. The predicted octanol–water partition coefficient (Wildman–Crippen LogP) is 6.05. The lowest BCUT2D eigenvalue weighted by Crippen LogP contribution is -2.44. The van der Waals surface area contributed by atoms with Crippen LogP contribution in [0.5, 0.6) is 0 Å². The van der Waals surface area contributed by atoms with Crippen LogP contribution in [0.4, 0.5) is 38.2 Å². The summed E-state index contributed by atoms with van der Waals surface area (Å²) in [5, 5.41) is 13.2. The SMILES string of the molecule is C[C@@H]1CN(c2nccc(C3=CN(n4cc([C@H]5CN(c6nccc(-c7cnc8ccc(C(F)(F)F)cn78)n6)C[C@@H](C)O5)cn4)C4C=CC(C(F)(F)F)=CN34)n2)C[C@H](c2cn[nH]c2)O1. The number of morpholine rings is 2. The van der Waals surface area contributed by atoms with Crippen LogP contribution < -0.4 is 14.8 Å². The molecular formula is C40H36F6N14O2. The van der Waals surface area contributed by atoms with Gasteiger partial charge in [0.1, 0.15) is 24.0 Å². The molecule has 6 aromatic heterocycles. The van der Waals surface area contributed by atoms with Gasteiger partial charge >= 0.3 is 12.4 Å². The molecule has 2 saturated heterocycles. The molecule has 0 radical (unpaired) electrons. The average molecular weight is 859 g/mol. The van der Waals surface area contributed by atoms with Gasteiger partial charge in [-0.15, -0.1) is 0 Å². The van der Waals surface area contributed by atoms with Gasteiger partial charge in [-0.1, -0.05) is 0 Å². The van der Waals surface area contributed by atoms with Crippen molar-refractivity contribution >= 4 is 23.2 Å². The fourth-order valence-corrected chi connectivity index (χ4v) is 8.07. The molecule has 6 aromatic rings. The lowest BCUT2D eigenvalue weighted by molar-refractivity contribution is -0.137. The summed E-state index contributed by atoms with van der Waals surface area (Å²) in [6.07, 6.45) is 6.52. The van der Waals surface area contributed by atoms with Crippen LogP contribution in [0.2, 0.25) is 0 Å². The average Bonchev–Trinajstić information content (AvgIpc) is 4.09. The van der Waals surface area contributed by atoms with Crippen LogP contribution in [0.25, 0.3) is 22.7 Å². The number of hydrogen-bond donors (Lipinski definition) is 1. The molecule has 1 N–H and O–H groups in total. The Bertz CT molecular complexity index is 2710. The fraction of sp³-hybridized carbons (Fsp3) is 0.325. The second kappa shape index (κ2) is 15.0. The molecule has 0 amide bonds. The number of allylic oxidation sites excluding steroid dienone is 2. The molecule has 0 saturated carbocycles. The number of anilines is 2. The molecule has 4 aliphatic rings. The van der Waals surface area contributed by atoms with E-state index in [4.69, 9.17) is 19.4 Å². The zero-order valence-electron chi connectivity index (χ0n) is 32.9. The third-order valence-electron chi connectivity index (χ3n) is 11.0. The molecule has 22 heteroatoms. The van der Waals surface area contributed by atoms with E-state index in [1.54, 1.807) is 59.1 Å². The Kier molecular flexibility index (Phi) is 9.50. The molecule has 5 atom stereocenters. The first-order chi connectivity index (χ1) is 29.7. The van der Waals surface area contributed by atoms with E-state index in [-0.39, 0.29) is 18.3 Å². The standard InChI is InChI=1S/C40H36F6N14O2/c1-23-15-55(21-33(61-23)25-11-50-51-12-25)38-48-10-8-30(54-38)32-20-59(36-6-4-28(19-58(32)36)40(44,45)46)60-17-26(13-52-60)34-22-56(16-24(2)62-34)37-47-9-7-29(53-37)31-14-49-35-5-3-27(18-57(31)35)39(41,42)43/h3-14,17-20,23-24,33-34,36H,15-16,21-22H2,1-2H3,(H,50,51)/t23-,24-,33-,34-,36?/m1/s1. The Morgan fingerprint density at radius 3 is 2.10 bits per heavy atom. The van der Waals surface area contributed by atoms with E-state index in [0.29, 0.717) is 72.1 Å². The molecule has 62 heavy (non-hydrogen) atoms. The number of imidazole rings is 1. The van der Waals surface area contributed by atoms with Crippen LogP contribution in [-0.2, 0) is 15.7 Å². The van der Waals surface area contributed by atoms with Gasteiger partial charge in [-0.3, -0.25) is 9.50 Å². The van der Waals surface area contributed by atoms with Gasteiger partial charge < -0.3 is 24.2 Å². The number of H-pyrrole nitrogens is 1. The number of ether oxygens (including phenoxy) is 2. The fourth-order valence-electron chi connectivity index (χ4n) is 8.07. The summed E-state index contributed by atoms with van der Waals surface area (Å²) in [5.74, 6) is 0.736. The number of aromatic nitrogens is 10. The zero-order valence-corrected chi connectivity index (χ0v) is 32.9. The summed E-state index contributed by atoms with van der Waals surface area (Å²) in [6, 6.07) is 5.54. The third-order valence-corrected chi connectivity index (χ3v) is 11.0. The molecule has 0 bridgehead atoms. The van der Waals surface area contributed by atoms with Gasteiger partial charge in [-0.2, -0.15) is 41.3 Å². The van der Waals surface area contributed by atoms with E-state index in [0.717, 1.165) is 30.1 Å². The lowest BCUT2D eigenvalue weighted by atomic mass is 10.1. The quantitative estimate of drug-likeness (QED) is 0.186. The minimum absolute atomic E-state index is 0.164. The molecule has 1 unspecified atom stereocenters. The molecule has 10 rings (SSSR count). The summed E-state index contributed by atoms with van der Waals surface area (Å²) in [6.45, 7) is 5.49. The monoisotopic (exact) mass is 858 g/mol. The first kappa shape index (κ1) is 39.3. The smallest absolute Gasteiger partial charge is 0.367 e. The Morgan fingerprint density at radius 2 is 1.42 bits per heavy atom. The van der Waals surface area contributed by atoms with Gasteiger partial charge in [-0.05, 0) is 50.3 Å². The van der Waals surface area contributed by atoms with Crippen LogP contribution in [0, 0.1) is 0 Å². The lowest BCUT2D eigenvalue weighted by Gasteiger charge is -2.36. The van der Waals surface area contributed by atoms with Gasteiger partial charge in [0.2, 0.25) is 11.9 Å². The highest BCUT2D eigenvalue weighted by atomic mass is 19.4. The van der Waals surface area contributed by atoms with E-state index in [1.807, 2.05) is 23.6 Å².